The third-order valence-electron chi connectivity index (χ3n) is 8.08. The molecule has 54 heavy (non-hydrogen) atoms. The van der Waals surface area contributed by atoms with Crippen molar-refractivity contribution in [3.63, 3.8) is 0 Å². The fourth-order valence-electron chi connectivity index (χ4n) is 5.41. The Morgan fingerprint density at radius 3 is 0.796 bits per heavy atom. The number of carbonyl (C=O) groups is 2. The van der Waals surface area contributed by atoms with E-state index in [9.17, 15) is 26.4 Å². The molecule has 0 saturated heterocycles. The number of hydrogen-bond donors (Lipinski definition) is 0. The zero-order valence-electron chi connectivity index (χ0n) is 28.4. The van der Waals surface area contributed by atoms with E-state index in [0.29, 0.717) is 0 Å². The lowest BCUT2D eigenvalue weighted by atomic mass is 10.2. The van der Waals surface area contributed by atoms with Crippen molar-refractivity contribution in [2.45, 2.75) is 19.6 Å². The van der Waals surface area contributed by atoms with Gasteiger partial charge in [0.15, 0.2) is 0 Å². The van der Waals surface area contributed by atoms with Gasteiger partial charge in [0.2, 0.25) is 19.7 Å². The van der Waals surface area contributed by atoms with Crippen LogP contribution in [-0.4, -0.2) is 43.0 Å². The van der Waals surface area contributed by atoms with Crippen molar-refractivity contribution in [3.8, 4) is 46.0 Å². The van der Waals surface area contributed by atoms with Crippen molar-refractivity contribution in [2.75, 3.05) is 14.2 Å². The van der Waals surface area contributed by atoms with Gasteiger partial charge in [0.05, 0.1) is 44.9 Å². The molecule has 7 aliphatic heterocycles. The van der Waals surface area contributed by atoms with E-state index in [2.05, 4.69) is 0 Å². The minimum atomic E-state index is -3.96. The molecular weight excluding hydrogens is 737 g/mol. The maximum absolute atomic E-state index is 13.5. The van der Waals surface area contributed by atoms with Crippen LogP contribution < -0.4 is 18.9 Å². The normalized spacial score (nSPS) is 14.0. The molecule has 0 spiro atoms. The average molecular weight is 765 g/mol. The highest BCUT2D eigenvalue weighted by atomic mass is 32.2. The summed E-state index contributed by atoms with van der Waals surface area (Å²) in [6.45, 7) is 0. The molecule has 6 aromatic rings. The highest BCUT2D eigenvalue weighted by Crippen LogP contribution is 2.35. The van der Waals surface area contributed by atoms with Crippen LogP contribution in [0.15, 0.2) is 153 Å². The molecule has 0 saturated carbocycles. The molecule has 7 aliphatic rings. The largest absolute Gasteiger partial charge is 0.465 e. The predicted molar refractivity (Wildman–Crippen MR) is 193 cm³/mol. The third kappa shape index (κ3) is 7.46. The van der Waals surface area contributed by atoms with Gasteiger partial charge in [-0.15, -0.1) is 0 Å². The predicted octanol–water partition coefficient (Wildman–Crippen LogP) is 8.41. The average Bonchev–Trinajstić information content (AvgIpc) is 3.17. The lowest BCUT2D eigenvalue weighted by molar-refractivity contribution is 0.0591. The molecule has 272 valence electrons. The summed E-state index contributed by atoms with van der Waals surface area (Å²) in [4.78, 5) is 25.0. The van der Waals surface area contributed by atoms with Gasteiger partial charge in [0.1, 0.15) is 46.0 Å². The van der Waals surface area contributed by atoms with Crippen molar-refractivity contribution in [1.29, 1.82) is 0 Å². The first-order chi connectivity index (χ1) is 25.9. The van der Waals surface area contributed by atoms with Crippen LogP contribution >= 0.6 is 0 Å². The lowest BCUT2D eigenvalue weighted by Gasteiger charge is -2.13. The summed E-state index contributed by atoms with van der Waals surface area (Å²) in [5, 5.41) is 0. The zero-order valence-corrected chi connectivity index (χ0v) is 30.1. The highest BCUT2D eigenvalue weighted by molar-refractivity contribution is 7.91. The number of benzene rings is 6. The van der Waals surface area contributed by atoms with Crippen molar-refractivity contribution >= 4 is 31.6 Å². The Labute approximate surface area is 309 Å². The van der Waals surface area contributed by atoms with Gasteiger partial charge >= 0.3 is 11.9 Å². The summed E-state index contributed by atoms with van der Waals surface area (Å²) in [5.74, 6) is 0.463. The summed E-state index contributed by atoms with van der Waals surface area (Å²) in [6, 6.07) is 31.5. The molecule has 0 unspecified atom stereocenters. The molecule has 14 heteroatoms. The number of esters is 2. The summed E-state index contributed by atoms with van der Waals surface area (Å²) in [5.41, 5.74) is 0.220. The van der Waals surface area contributed by atoms with Gasteiger partial charge in [-0.05, 0) is 121 Å². The van der Waals surface area contributed by atoms with Crippen molar-refractivity contribution < 1.29 is 54.8 Å². The fourth-order valence-corrected chi connectivity index (χ4v) is 7.94. The quantitative estimate of drug-likeness (QED) is 0.155. The molecule has 0 fully saturated rings. The Bertz CT molecular complexity index is 2270. The summed E-state index contributed by atoms with van der Waals surface area (Å²) in [7, 11) is -5.47. The SMILES string of the molecule is COC(=O)c1cc2cc(c1)Oc1ccc(cc1)S(=O)(=O)c1ccc(cc1)Oc1cc(cc(C(=O)OC)c1)Oc1ccc(cc1)S(=O)(=O)c1ccc(cc1)O2. The van der Waals surface area contributed by atoms with E-state index in [0.717, 1.165) is 0 Å². The van der Waals surface area contributed by atoms with Gasteiger partial charge in [0, 0.05) is 12.1 Å². The molecule has 6 aromatic carbocycles. The van der Waals surface area contributed by atoms with Gasteiger partial charge in [0.25, 0.3) is 0 Å². The standard InChI is InChI=1S/C40H28O12S2/c1-47-39(41)25-19-31-23-32(20-25)50-28-5-13-36(14-6-28)54(45,46)38-17-9-30(10-18-38)52-34-22-26(40(42)48-2)21-33(24-34)51-29-7-15-37(16-8-29)53(43,44)35-11-3-27(49-31)4-12-35/h3-24H,1-2H3. The van der Waals surface area contributed by atoms with E-state index in [1.54, 1.807) is 0 Å². The van der Waals surface area contributed by atoms with Crippen LogP contribution in [0.3, 0.4) is 0 Å². The molecule has 12 bridgehead atoms. The number of ether oxygens (including phenoxy) is 6. The van der Waals surface area contributed by atoms with Gasteiger partial charge in [-0.1, -0.05) is 0 Å². The number of methoxy groups -OCH3 is 2. The van der Waals surface area contributed by atoms with E-state index in [1.807, 2.05) is 0 Å². The van der Waals surface area contributed by atoms with Crippen molar-refractivity contribution in [2.24, 2.45) is 0 Å². The first kappa shape index (κ1) is 35.7. The second-order valence-corrected chi connectivity index (χ2v) is 15.6. The third-order valence-corrected chi connectivity index (χ3v) is 11.7. The molecule has 13 rings (SSSR count). The summed E-state index contributed by atoms with van der Waals surface area (Å²) < 4.78 is 87.8. The number of rotatable bonds is 2. The number of hydrogen-bond acceptors (Lipinski definition) is 12. The van der Waals surface area contributed by atoms with Crippen LogP contribution in [0.2, 0.25) is 0 Å². The highest BCUT2D eigenvalue weighted by Gasteiger charge is 2.21. The van der Waals surface area contributed by atoms with Crippen LogP contribution in [0.25, 0.3) is 0 Å². The minimum Gasteiger partial charge on any atom is -0.465 e. The molecule has 0 N–H and O–H groups in total. The van der Waals surface area contributed by atoms with Gasteiger partial charge < -0.3 is 28.4 Å². The molecule has 0 atom stereocenters. The molecule has 0 amide bonds. The molecular formula is C40H28O12S2. The van der Waals surface area contributed by atoms with Crippen molar-refractivity contribution in [1.82, 2.24) is 0 Å². The maximum atomic E-state index is 13.5. The topological polar surface area (TPSA) is 158 Å². The molecule has 12 nitrogen and oxygen atoms in total. The molecule has 0 aliphatic carbocycles. The monoisotopic (exact) mass is 764 g/mol. The van der Waals surface area contributed by atoms with Crippen LogP contribution in [0, 0.1) is 0 Å². The molecule has 0 radical (unpaired) electrons. The Morgan fingerprint density at radius 2 is 0.593 bits per heavy atom. The van der Waals surface area contributed by atoms with E-state index in [4.69, 9.17) is 28.4 Å². The first-order valence-electron chi connectivity index (χ1n) is 16.0. The van der Waals surface area contributed by atoms with E-state index >= 15 is 0 Å². The summed E-state index contributed by atoms with van der Waals surface area (Å²) >= 11 is 0. The van der Waals surface area contributed by atoms with E-state index in [1.165, 1.54) is 148 Å². The van der Waals surface area contributed by atoms with Crippen LogP contribution in [-0.2, 0) is 29.1 Å². The van der Waals surface area contributed by atoms with E-state index in [-0.39, 0.29) is 76.7 Å². The Hall–Kier alpha value is -6.64. The Kier molecular flexibility index (Phi) is 9.54. The molecule has 0 aromatic heterocycles. The van der Waals surface area contributed by atoms with Crippen molar-refractivity contribution in [3.05, 3.63) is 145 Å². The number of carbonyl (C=O) groups excluding carboxylic acids is 2. The minimum absolute atomic E-state index is 0.00456. The zero-order chi connectivity index (χ0) is 38.0. The van der Waals surface area contributed by atoms with Gasteiger partial charge in [-0.3, -0.25) is 0 Å². The molecule has 7 heterocycles. The van der Waals surface area contributed by atoms with Crippen LogP contribution in [0.5, 0.6) is 46.0 Å². The van der Waals surface area contributed by atoms with Crippen LogP contribution in [0.1, 0.15) is 20.7 Å². The summed E-state index contributed by atoms with van der Waals surface area (Å²) in [6.07, 6.45) is 0. The second kappa shape index (κ2) is 14.4. The lowest BCUT2D eigenvalue weighted by Crippen LogP contribution is -2.03. The first-order valence-corrected chi connectivity index (χ1v) is 19.0. The van der Waals surface area contributed by atoms with Gasteiger partial charge in [-0.25, -0.2) is 26.4 Å². The van der Waals surface area contributed by atoms with Gasteiger partial charge in [-0.2, -0.15) is 0 Å². The number of sulfone groups is 2. The maximum Gasteiger partial charge on any atom is 0.338 e. The van der Waals surface area contributed by atoms with Crippen LogP contribution in [0.4, 0.5) is 0 Å². The Morgan fingerprint density at radius 1 is 0.370 bits per heavy atom. The fraction of sp³-hybridized carbons (Fsp3) is 0.0500. The second-order valence-electron chi connectivity index (χ2n) is 11.7. The Balaban J connectivity index is 1.30. The smallest absolute Gasteiger partial charge is 0.338 e. The van der Waals surface area contributed by atoms with E-state index < -0.39 is 31.6 Å².